The van der Waals surface area contributed by atoms with E-state index in [2.05, 4.69) is 60.0 Å². The molecule has 0 aromatic heterocycles. The fourth-order valence-electron chi connectivity index (χ4n) is 3.00. The molecule has 1 unspecified atom stereocenters. The van der Waals surface area contributed by atoms with Gasteiger partial charge in [-0.05, 0) is 51.8 Å². The molecule has 0 saturated heterocycles. The Morgan fingerprint density at radius 2 is 1.65 bits per heavy atom. The SMILES string of the molecule is CC1=C(C)C(C)C(NC(C)(C)C[SiH](C)C)=C1C. The van der Waals surface area contributed by atoms with E-state index in [-0.39, 0.29) is 5.54 Å². The Balaban J connectivity index is 2.84. The highest BCUT2D eigenvalue weighted by Gasteiger charge is 2.28. The Hall–Kier alpha value is -0.503. The number of allylic oxidation sites excluding steroid dienone is 3. The second-order valence-corrected chi connectivity index (χ2v) is 9.87. The normalized spacial score (nSPS) is 21.8. The van der Waals surface area contributed by atoms with Crippen molar-refractivity contribution in [3.05, 3.63) is 22.4 Å². The Labute approximate surface area is 109 Å². The highest BCUT2D eigenvalue weighted by molar-refractivity contribution is 6.56. The van der Waals surface area contributed by atoms with E-state index in [4.69, 9.17) is 0 Å². The van der Waals surface area contributed by atoms with Gasteiger partial charge in [-0.3, -0.25) is 0 Å². The highest BCUT2D eigenvalue weighted by atomic mass is 28.3. The fraction of sp³-hybridized carbons (Fsp3) is 0.733. The number of nitrogens with one attached hydrogen (secondary N) is 1. The van der Waals surface area contributed by atoms with Gasteiger partial charge in [0.1, 0.15) is 0 Å². The second-order valence-electron chi connectivity index (χ2n) is 6.68. The zero-order valence-corrected chi connectivity index (χ0v) is 14.0. The molecule has 17 heavy (non-hydrogen) atoms. The van der Waals surface area contributed by atoms with Gasteiger partial charge in [0, 0.05) is 26.0 Å². The van der Waals surface area contributed by atoms with E-state index in [1.807, 2.05) is 0 Å². The summed E-state index contributed by atoms with van der Waals surface area (Å²) in [6.07, 6.45) is 0. The van der Waals surface area contributed by atoms with E-state index in [0.717, 1.165) is 0 Å². The molecular weight excluding hydrogens is 222 g/mol. The lowest BCUT2D eigenvalue weighted by Crippen LogP contribution is -2.42. The standard InChI is InChI=1S/C15H29NSi/c1-10-11(2)13(4)14(12(10)3)16-15(5,6)9-17(7)8/h12,16-17H,9H2,1-8H3. The van der Waals surface area contributed by atoms with Crippen molar-refractivity contribution < 1.29 is 0 Å². The van der Waals surface area contributed by atoms with Crippen LogP contribution in [-0.4, -0.2) is 14.3 Å². The molecule has 0 aromatic carbocycles. The van der Waals surface area contributed by atoms with E-state index in [9.17, 15) is 0 Å². The Morgan fingerprint density at radius 3 is 2.00 bits per heavy atom. The maximum absolute atomic E-state index is 3.82. The smallest absolute Gasteiger partial charge is 0.0331 e. The first kappa shape index (κ1) is 14.6. The van der Waals surface area contributed by atoms with Crippen LogP contribution >= 0.6 is 0 Å². The number of hydrogen-bond acceptors (Lipinski definition) is 1. The van der Waals surface area contributed by atoms with E-state index < -0.39 is 8.80 Å². The van der Waals surface area contributed by atoms with Crippen LogP contribution in [-0.2, 0) is 0 Å². The summed E-state index contributed by atoms with van der Waals surface area (Å²) in [6, 6.07) is 1.34. The van der Waals surface area contributed by atoms with E-state index in [0.29, 0.717) is 5.92 Å². The van der Waals surface area contributed by atoms with E-state index >= 15 is 0 Å². The topological polar surface area (TPSA) is 12.0 Å². The summed E-state index contributed by atoms with van der Waals surface area (Å²) in [6.45, 7) is 18.6. The lowest BCUT2D eigenvalue weighted by Gasteiger charge is -2.32. The van der Waals surface area contributed by atoms with Crippen LogP contribution in [0.3, 0.4) is 0 Å². The average Bonchev–Trinajstić information content (AvgIpc) is 2.33. The molecule has 1 N–H and O–H groups in total. The summed E-state index contributed by atoms with van der Waals surface area (Å²) >= 11 is 0. The molecule has 0 aromatic rings. The zero-order chi connectivity index (χ0) is 13.4. The molecule has 1 aliphatic carbocycles. The maximum atomic E-state index is 3.82. The third-order valence-corrected chi connectivity index (χ3v) is 5.87. The molecule has 1 nitrogen and oxygen atoms in total. The van der Waals surface area contributed by atoms with Crippen LogP contribution in [0, 0.1) is 5.92 Å². The maximum Gasteiger partial charge on any atom is 0.0331 e. The van der Waals surface area contributed by atoms with Crippen LogP contribution < -0.4 is 5.32 Å². The van der Waals surface area contributed by atoms with Gasteiger partial charge in [-0.2, -0.15) is 0 Å². The number of hydrogen-bond donors (Lipinski definition) is 1. The molecule has 1 rings (SSSR count). The van der Waals surface area contributed by atoms with Gasteiger partial charge in [0.2, 0.25) is 0 Å². The second kappa shape index (κ2) is 5.01. The largest absolute Gasteiger partial charge is 0.383 e. The van der Waals surface area contributed by atoms with Gasteiger partial charge in [-0.25, -0.2) is 0 Å². The molecule has 0 heterocycles. The van der Waals surface area contributed by atoms with Crippen molar-refractivity contribution in [2.75, 3.05) is 0 Å². The monoisotopic (exact) mass is 251 g/mol. The number of rotatable bonds is 4. The van der Waals surface area contributed by atoms with Gasteiger partial charge in [0.25, 0.3) is 0 Å². The van der Waals surface area contributed by atoms with Crippen molar-refractivity contribution in [3.8, 4) is 0 Å². The van der Waals surface area contributed by atoms with Crippen LogP contribution in [0.5, 0.6) is 0 Å². The van der Waals surface area contributed by atoms with Crippen molar-refractivity contribution in [2.24, 2.45) is 5.92 Å². The van der Waals surface area contributed by atoms with Crippen LogP contribution in [0.2, 0.25) is 19.1 Å². The van der Waals surface area contributed by atoms with Crippen molar-refractivity contribution >= 4 is 8.80 Å². The molecule has 1 atom stereocenters. The minimum atomic E-state index is -0.527. The first-order chi connectivity index (χ1) is 7.65. The third kappa shape index (κ3) is 3.24. The molecule has 0 bridgehead atoms. The van der Waals surface area contributed by atoms with Gasteiger partial charge in [0.05, 0.1) is 0 Å². The van der Waals surface area contributed by atoms with Crippen molar-refractivity contribution in [3.63, 3.8) is 0 Å². The van der Waals surface area contributed by atoms with Gasteiger partial charge < -0.3 is 5.32 Å². The van der Waals surface area contributed by atoms with Gasteiger partial charge in [0.15, 0.2) is 0 Å². The summed E-state index contributed by atoms with van der Waals surface area (Å²) < 4.78 is 0. The predicted molar refractivity (Wildman–Crippen MR) is 81.1 cm³/mol. The van der Waals surface area contributed by atoms with Crippen LogP contribution in [0.1, 0.15) is 41.5 Å². The van der Waals surface area contributed by atoms with Crippen LogP contribution in [0.4, 0.5) is 0 Å². The molecule has 0 radical (unpaired) electrons. The van der Waals surface area contributed by atoms with Crippen molar-refractivity contribution in [2.45, 2.75) is 66.2 Å². The first-order valence-corrected chi connectivity index (χ1v) is 9.95. The van der Waals surface area contributed by atoms with Crippen molar-refractivity contribution in [1.29, 1.82) is 0 Å². The summed E-state index contributed by atoms with van der Waals surface area (Å²) in [4.78, 5) is 0. The summed E-state index contributed by atoms with van der Waals surface area (Å²) in [5.41, 5.74) is 6.18. The zero-order valence-electron chi connectivity index (χ0n) is 12.9. The molecule has 0 spiro atoms. The lowest BCUT2D eigenvalue weighted by atomic mass is 10.00. The summed E-state index contributed by atoms with van der Waals surface area (Å²) in [7, 11) is -0.527. The lowest BCUT2D eigenvalue weighted by molar-refractivity contribution is 0.447. The van der Waals surface area contributed by atoms with E-state index in [1.165, 1.54) is 28.5 Å². The molecule has 2 heteroatoms. The van der Waals surface area contributed by atoms with Crippen LogP contribution in [0.15, 0.2) is 22.4 Å². The van der Waals surface area contributed by atoms with Gasteiger partial charge in [-0.1, -0.05) is 25.6 Å². The third-order valence-electron chi connectivity index (χ3n) is 4.03. The molecular formula is C15H29NSi. The summed E-state index contributed by atoms with van der Waals surface area (Å²) in [5.74, 6) is 0.572. The molecule has 98 valence electrons. The molecule has 0 fully saturated rings. The predicted octanol–water partition coefficient (Wildman–Crippen LogP) is 4.10. The van der Waals surface area contributed by atoms with Gasteiger partial charge in [-0.15, -0.1) is 0 Å². The van der Waals surface area contributed by atoms with Crippen LogP contribution in [0.25, 0.3) is 0 Å². The Bertz CT molecular complexity index is 361. The first-order valence-electron chi connectivity index (χ1n) is 6.82. The minimum Gasteiger partial charge on any atom is -0.383 e. The Kier molecular flexibility index (Phi) is 4.29. The fourth-order valence-corrected chi connectivity index (χ4v) is 5.15. The molecule has 0 saturated carbocycles. The highest BCUT2D eigenvalue weighted by Crippen LogP contribution is 2.36. The molecule has 0 aliphatic heterocycles. The summed E-state index contributed by atoms with van der Waals surface area (Å²) in [5, 5.41) is 3.82. The van der Waals surface area contributed by atoms with Crippen molar-refractivity contribution in [1.82, 2.24) is 5.32 Å². The molecule has 0 amide bonds. The van der Waals surface area contributed by atoms with E-state index in [1.54, 1.807) is 0 Å². The Morgan fingerprint density at radius 1 is 1.12 bits per heavy atom. The van der Waals surface area contributed by atoms with Gasteiger partial charge >= 0.3 is 0 Å². The quantitative estimate of drug-likeness (QED) is 0.742. The minimum absolute atomic E-state index is 0.246. The molecule has 1 aliphatic rings. The average molecular weight is 251 g/mol.